The molecule has 14 heteroatoms. The predicted molar refractivity (Wildman–Crippen MR) is 173 cm³/mol. The van der Waals surface area contributed by atoms with Gasteiger partial charge in [0.1, 0.15) is 17.1 Å². The molecule has 2 aliphatic heterocycles. The third kappa shape index (κ3) is 4.43. The molecule has 252 valence electrons. The molecule has 2 saturated heterocycles. The Morgan fingerprint density at radius 1 is 0.939 bits per heavy atom. The van der Waals surface area contributed by atoms with Gasteiger partial charge < -0.3 is 20.1 Å². The van der Waals surface area contributed by atoms with Crippen LogP contribution in [0.1, 0.15) is 41.6 Å². The van der Waals surface area contributed by atoms with Crippen molar-refractivity contribution >= 4 is 64.2 Å². The quantitative estimate of drug-likeness (QED) is 0.180. The average Bonchev–Trinajstić information content (AvgIpc) is 3.40. The van der Waals surface area contributed by atoms with Gasteiger partial charge in [-0.15, -0.1) is 23.2 Å². The number of phenols is 2. The Balaban J connectivity index is 1.39. The Labute approximate surface area is 288 Å². The van der Waals surface area contributed by atoms with Crippen molar-refractivity contribution in [1.82, 2.24) is 0 Å². The SMILES string of the molecule is CCOc1cccc([C@H]2C3=CC[C@@H]4C(=O)N(c5ccc(C(=O)O)c(O)c5)C(=O)[C@@H]4[C@@H]3C[C@@]3(Cl)C(=O)N(c4ccc(F)cc4)C(=O)[C@@]23Cl)c1O. The van der Waals surface area contributed by atoms with E-state index < -0.39 is 80.1 Å². The van der Waals surface area contributed by atoms with Gasteiger partial charge in [0.2, 0.25) is 11.8 Å². The van der Waals surface area contributed by atoms with E-state index in [0.717, 1.165) is 34.1 Å². The summed E-state index contributed by atoms with van der Waals surface area (Å²) in [7, 11) is 0. The summed E-state index contributed by atoms with van der Waals surface area (Å²) in [5.41, 5.74) is 0.0430. The minimum Gasteiger partial charge on any atom is -0.507 e. The number of amides is 4. The number of aromatic hydroxyl groups is 2. The Bertz CT molecular complexity index is 2020. The number of alkyl halides is 2. The summed E-state index contributed by atoms with van der Waals surface area (Å²) >= 11 is 14.7. The molecule has 1 saturated carbocycles. The molecule has 49 heavy (non-hydrogen) atoms. The monoisotopic (exact) mass is 708 g/mol. The lowest BCUT2D eigenvalue weighted by Gasteiger charge is -2.50. The number of benzene rings is 3. The number of carbonyl (C=O) groups excluding carboxylic acids is 4. The first-order valence-corrected chi connectivity index (χ1v) is 16.1. The van der Waals surface area contributed by atoms with Gasteiger partial charge >= 0.3 is 5.97 Å². The summed E-state index contributed by atoms with van der Waals surface area (Å²) in [6.45, 7) is 1.90. The highest BCUT2D eigenvalue weighted by molar-refractivity contribution is 6.58. The van der Waals surface area contributed by atoms with E-state index in [0.29, 0.717) is 5.57 Å². The van der Waals surface area contributed by atoms with E-state index >= 15 is 0 Å². The third-order valence-electron chi connectivity index (χ3n) is 10.0. The number of nitrogens with zero attached hydrogens (tertiary/aromatic N) is 2. The zero-order valence-electron chi connectivity index (χ0n) is 25.6. The smallest absolute Gasteiger partial charge is 0.339 e. The molecule has 0 bridgehead atoms. The molecule has 11 nitrogen and oxygen atoms in total. The van der Waals surface area contributed by atoms with Crippen LogP contribution in [0.25, 0.3) is 0 Å². The lowest BCUT2D eigenvalue weighted by atomic mass is 9.56. The maximum Gasteiger partial charge on any atom is 0.339 e. The Morgan fingerprint density at radius 3 is 2.29 bits per heavy atom. The van der Waals surface area contributed by atoms with Crippen LogP contribution in [-0.4, -0.2) is 61.3 Å². The van der Waals surface area contributed by atoms with Crippen LogP contribution in [0.4, 0.5) is 15.8 Å². The molecule has 0 unspecified atom stereocenters. The number of fused-ring (bicyclic) bond motifs is 4. The molecule has 0 aromatic heterocycles. The van der Waals surface area contributed by atoms with Gasteiger partial charge in [-0.2, -0.15) is 0 Å². The number of ether oxygens (including phenoxy) is 1. The average molecular weight is 710 g/mol. The van der Waals surface area contributed by atoms with Crippen molar-refractivity contribution in [3.05, 3.63) is 89.3 Å². The number of carboxylic acids is 1. The van der Waals surface area contributed by atoms with Gasteiger partial charge in [0.25, 0.3) is 11.8 Å². The van der Waals surface area contributed by atoms with Crippen LogP contribution in [0, 0.1) is 23.6 Å². The van der Waals surface area contributed by atoms with Crippen molar-refractivity contribution in [1.29, 1.82) is 0 Å². The van der Waals surface area contributed by atoms with Gasteiger partial charge in [0.15, 0.2) is 21.2 Å². The fourth-order valence-electron chi connectivity index (χ4n) is 7.88. The number of phenolic OH excluding ortho intramolecular Hbond substituents is 1. The summed E-state index contributed by atoms with van der Waals surface area (Å²) in [6.07, 6.45) is 1.35. The molecule has 6 atom stereocenters. The van der Waals surface area contributed by atoms with E-state index in [2.05, 4.69) is 0 Å². The highest BCUT2D eigenvalue weighted by Gasteiger charge is 2.77. The summed E-state index contributed by atoms with van der Waals surface area (Å²) in [6, 6.07) is 12.5. The molecule has 3 N–H and O–H groups in total. The largest absolute Gasteiger partial charge is 0.507 e. The number of para-hydroxylation sites is 1. The maximum absolute atomic E-state index is 14.5. The fourth-order valence-corrected chi connectivity index (χ4v) is 8.81. The van der Waals surface area contributed by atoms with E-state index in [1.165, 1.54) is 30.3 Å². The number of hydrogen-bond acceptors (Lipinski definition) is 8. The fraction of sp³-hybridized carbons (Fsp3) is 0.286. The van der Waals surface area contributed by atoms with Crippen molar-refractivity contribution in [3.63, 3.8) is 0 Å². The zero-order chi connectivity index (χ0) is 35.2. The molecular weight excluding hydrogens is 682 g/mol. The first-order chi connectivity index (χ1) is 23.3. The maximum atomic E-state index is 14.5. The highest BCUT2D eigenvalue weighted by Crippen LogP contribution is 2.67. The van der Waals surface area contributed by atoms with Gasteiger partial charge in [0.05, 0.1) is 29.8 Å². The van der Waals surface area contributed by atoms with Gasteiger partial charge in [-0.05, 0) is 68.1 Å². The molecule has 2 heterocycles. The van der Waals surface area contributed by atoms with E-state index in [1.807, 2.05) is 0 Å². The number of allylic oxidation sites excluding steroid dienone is 2. The highest BCUT2D eigenvalue weighted by atomic mass is 35.5. The van der Waals surface area contributed by atoms with Crippen molar-refractivity contribution < 1.29 is 48.4 Å². The van der Waals surface area contributed by atoms with Crippen LogP contribution < -0.4 is 14.5 Å². The van der Waals surface area contributed by atoms with E-state index in [-0.39, 0.29) is 47.9 Å². The Kier molecular flexibility index (Phi) is 7.53. The van der Waals surface area contributed by atoms with Gasteiger partial charge in [-0.3, -0.25) is 19.2 Å². The predicted octanol–water partition coefficient (Wildman–Crippen LogP) is 5.10. The number of anilines is 2. The van der Waals surface area contributed by atoms with E-state index in [4.69, 9.17) is 27.9 Å². The molecule has 4 amide bonds. The van der Waals surface area contributed by atoms with Crippen molar-refractivity contribution in [3.8, 4) is 17.2 Å². The van der Waals surface area contributed by atoms with Gasteiger partial charge in [0, 0.05) is 17.5 Å². The molecule has 4 aliphatic rings. The second-order valence-corrected chi connectivity index (χ2v) is 13.6. The van der Waals surface area contributed by atoms with Crippen LogP contribution in [0.2, 0.25) is 0 Å². The third-order valence-corrected chi connectivity index (χ3v) is 11.4. The normalized spacial score (nSPS) is 29.0. The molecule has 3 aromatic carbocycles. The van der Waals surface area contributed by atoms with Crippen LogP contribution in [0.5, 0.6) is 17.2 Å². The molecule has 2 aliphatic carbocycles. The second kappa shape index (κ2) is 11.3. The number of carboxylic acid groups (broad SMARTS) is 1. The standard InChI is InChI=1S/C35H27Cl2FN2O9/c1-2-49-25-5-3-4-22(28(25)42)27-19-12-13-21-26(30(44)39(29(21)43)18-10-11-20(31(45)46)24(41)14-18)23(19)15-34(36)32(47)40(33(48)35(27,34)37)17-8-6-16(38)7-9-17/h3-12,14,21,23,26-27,41-42H,2,13,15H2,1H3,(H,45,46)/t21-,23+,26-,27+,34+,35-/m0/s1. The van der Waals surface area contributed by atoms with Gasteiger partial charge in [-0.1, -0.05) is 23.8 Å². The minimum absolute atomic E-state index is 0.00891. The molecule has 0 radical (unpaired) electrons. The summed E-state index contributed by atoms with van der Waals surface area (Å²) in [5.74, 6) is -10.4. The number of rotatable bonds is 6. The minimum atomic E-state index is -2.26. The van der Waals surface area contributed by atoms with E-state index in [1.54, 1.807) is 19.1 Å². The van der Waals surface area contributed by atoms with Crippen molar-refractivity contribution in [2.75, 3.05) is 16.4 Å². The van der Waals surface area contributed by atoms with Gasteiger partial charge in [-0.25, -0.2) is 19.0 Å². The van der Waals surface area contributed by atoms with Crippen molar-refractivity contribution in [2.24, 2.45) is 17.8 Å². The van der Waals surface area contributed by atoms with Crippen LogP contribution in [0.3, 0.4) is 0 Å². The summed E-state index contributed by atoms with van der Waals surface area (Å²) in [5, 5.41) is 31.2. The zero-order valence-corrected chi connectivity index (χ0v) is 27.1. The van der Waals surface area contributed by atoms with Crippen LogP contribution in [-0.2, 0) is 19.2 Å². The first-order valence-electron chi connectivity index (χ1n) is 15.4. The van der Waals surface area contributed by atoms with E-state index in [9.17, 15) is 43.7 Å². The van der Waals surface area contributed by atoms with Crippen molar-refractivity contribution in [2.45, 2.75) is 35.4 Å². The summed E-state index contributed by atoms with van der Waals surface area (Å²) in [4.78, 5) is 65.6. The molecule has 7 rings (SSSR count). The number of aromatic carboxylic acids is 1. The molecule has 3 fully saturated rings. The topological polar surface area (TPSA) is 162 Å². The number of imide groups is 2. The number of halogens is 3. The number of hydrogen-bond donors (Lipinski definition) is 3. The van der Waals surface area contributed by atoms with Crippen LogP contribution in [0.15, 0.2) is 72.3 Å². The number of carbonyl (C=O) groups is 5. The Morgan fingerprint density at radius 2 is 1.63 bits per heavy atom. The first kappa shape index (κ1) is 32.6. The molecule has 3 aromatic rings. The second-order valence-electron chi connectivity index (χ2n) is 12.4. The lowest BCUT2D eigenvalue weighted by Crippen LogP contribution is -2.60. The Hall–Kier alpha value is -4.94. The van der Waals surface area contributed by atoms with Crippen LogP contribution >= 0.6 is 23.2 Å². The molecule has 0 spiro atoms. The lowest BCUT2D eigenvalue weighted by molar-refractivity contribution is -0.125. The molecular formula is C35H27Cl2FN2O9. The summed E-state index contributed by atoms with van der Waals surface area (Å²) < 4.78 is 19.5.